The van der Waals surface area contributed by atoms with Crippen molar-refractivity contribution >= 4 is 17.9 Å². The van der Waals surface area contributed by atoms with Crippen molar-refractivity contribution in [1.29, 1.82) is 0 Å². The maximum Gasteiger partial charge on any atom is 0.337 e. The lowest BCUT2D eigenvalue weighted by Crippen LogP contribution is -2.31. The molecule has 1 fully saturated rings. The van der Waals surface area contributed by atoms with Gasteiger partial charge in [-0.25, -0.2) is 9.59 Å². The number of imide groups is 1. The second kappa shape index (κ2) is 4.44. The van der Waals surface area contributed by atoms with Crippen LogP contribution in [-0.4, -0.2) is 51.4 Å². The number of urea groups is 1. The van der Waals surface area contributed by atoms with Gasteiger partial charge >= 0.3 is 12.0 Å². The Morgan fingerprint density at radius 2 is 2.17 bits per heavy atom. The number of aromatic nitrogens is 1. The van der Waals surface area contributed by atoms with Gasteiger partial charge in [0.05, 0.1) is 17.8 Å². The molecule has 0 spiro atoms. The van der Waals surface area contributed by atoms with E-state index in [-0.39, 0.29) is 30.6 Å². The van der Waals surface area contributed by atoms with Gasteiger partial charge in [0.25, 0.3) is 5.91 Å². The number of aromatic carboxylic acids is 1. The smallest absolute Gasteiger partial charge is 0.337 e. The number of rotatable bonds is 3. The topological polar surface area (TPSA) is 90.8 Å². The van der Waals surface area contributed by atoms with Gasteiger partial charge < -0.3 is 10.0 Å². The fraction of sp³-hybridized carbons (Fsp3) is 0.273. The Morgan fingerprint density at radius 3 is 2.61 bits per heavy atom. The highest BCUT2D eigenvalue weighted by atomic mass is 16.4. The molecule has 1 N–H and O–H groups in total. The van der Waals surface area contributed by atoms with Crippen LogP contribution in [0.25, 0.3) is 0 Å². The van der Waals surface area contributed by atoms with Crippen LogP contribution < -0.4 is 0 Å². The van der Waals surface area contributed by atoms with Crippen molar-refractivity contribution in [2.24, 2.45) is 0 Å². The molecule has 0 unspecified atom stereocenters. The zero-order chi connectivity index (χ0) is 13.3. The molecule has 2 heterocycles. The van der Waals surface area contributed by atoms with E-state index < -0.39 is 5.97 Å². The molecule has 0 saturated carbocycles. The number of likely N-dealkylation sites (N-methyl/N-ethyl adjacent to an activating group) is 1. The van der Waals surface area contributed by atoms with Gasteiger partial charge in [-0.15, -0.1) is 0 Å². The van der Waals surface area contributed by atoms with Crippen LogP contribution in [0.1, 0.15) is 16.1 Å². The fourth-order valence-corrected chi connectivity index (χ4v) is 1.63. The van der Waals surface area contributed by atoms with Crippen LogP contribution in [0.4, 0.5) is 4.79 Å². The summed E-state index contributed by atoms with van der Waals surface area (Å²) < 4.78 is 0. The molecular formula is C11H11N3O4. The predicted octanol–water partition coefficient (Wildman–Crippen LogP) is 0.174. The maximum atomic E-state index is 11.6. The Morgan fingerprint density at radius 1 is 1.44 bits per heavy atom. The number of nitrogens with zero attached hydrogens (tertiary/aromatic N) is 3. The van der Waals surface area contributed by atoms with Gasteiger partial charge in [-0.3, -0.25) is 14.7 Å². The Bertz CT molecular complexity index is 512. The molecule has 3 amide bonds. The van der Waals surface area contributed by atoms with Crippen LogP contribution in [0.5, 0.6) is 0 Å². The quantitative estimate of drug-likeness (QED) is 0.771. The average molecular weight is 249 g/mol. The van der Waals surface area contributed by atoms with Crippen molar-refractivity contribution in [3.63, 3.8) is 0 Å². The summed E-state index contributed by atoms with van der Waals surface area (Å²) in [5.41, 5.74) is 0.534. The van der Waals surface area contributed by atoms with Crippen molar-refractivity contribution < 1.29 is 19.5 Å². The predicted molar refractivity (Wildman–Crippen MR) is 59.8 cm³/mol. The first-order valence-electron chi connectivity index (χ1n) is 5.22. The molecule has 0 aromatic carbocycles. The summed E-state index contributed by atoms with van der Waals surface area (Å²) in [4.78, 5) is 40.1. The average Bonchev–Trinajstić information content (AvgIpc) is 2.57. The van der Waals surface area contributed by atoms with Crippen molar-refractivity contribution in [3.05, 3.63) is 29.6 Å². The standard InChI is InChI=1S/C11H11N3O4/c1-13-6-9(15)14(11(13)18)5-8-3-2-7(4-12-8)10(16)17/h2-4H,5-6H2,1H3,(H,16,17). The first-order valence-corrected chi connectivity index (χ1v) is 5.22. The number of amides is 3. The SMILES string of the molecule is CN1CC(=O)N(Cc2ccc(C(=O)O)cn2)C1=O. The molecule has 94 valence electrons. The molecule has 1 aromatic rings. The summed E-state index contributed by atoms with van der Waals surface area (Å²) >= 11 is 0. The largest absolute Gasteiger partial charge is 0.478 e. The molecule has 1 aliphatic heterocycles. The van der Waals surface area contributed by atoms with Crippen LogP contribution >= 0.6 is 0 Å². The molecule has 7 nitrogen and oxygen atoms in total. The van der Waals surface area contributed by atoms with Crippen LogP contribution in [0.3, 0.4) is 0 Å². The summed E-state index contributed by atoms with van der Waals surface area (Å²) in [5, 5.41) is 8.71. The summed E-state index contributed by atoms with van der Waals surface area (Å²) in [6.07, 6.45) is 1.20. The second-order valence-electron chi connectivity index (χ2n) is 3.96. The molecule has 0 aliphatic carbocycles. The highest BCUT2D eigenvalue weighted by Crippen LogP contribution is 2.12. The third kappa shape index (κ3) is 2.15. The van der Waals surface area contributed by atoms with Crippen LogP contribution in [-0.2, 0) is 11.3 Å². The number of carboxylic acids is 1. The van der Waals surface area contributed by atoms with Crippen LogP contribution in [0.15, 0.2) is 18.3 Å². The Kier molecular flexibility index (Phi) is 2.97. The van der Waals surface area contributed by atoms with E-state index in [1.165, 1.54) is 23.2 Å². The number of carboxylic acid groups (broad SMARTS) is 1. The molecule has 0 radical (unpaired) electrons. The minimum atomic E-state index is -1.07. The number of pyridine rings is 1. The van der Waals surface area contributed by atoms with Gasteiger partial charge in [-0.2, -0.15) is 0 Å². The second-order valence-corrected chi connectivity index (χ2v) is 3.96. The summed E-state index contributed by atoms with van der Waals surface area (Å²) in [7, 11) is 1.54. The summed E-state index contributed by atoms with van der Waals surface area (Å²) in [6.45, 7) is 0.119. The van der Waals surface area contributed by atoms with E-state index in [9.17, 15) is 14.4 Å². The van der Waals surface area contributed by atoms with E-state index in [4.69, 9.17) is 5.11 Å². The first kappa shape index (κ1) is 12.0. The minimum Gasteiger partial charge on any atom is -0.478 e. The van der Waals surface area contributed by atoms with Gasteiger partial charge in [-0.1, -0.05) is 0 Å². The van der Waals surface area contributed by atoms with E-state index in [0.29, 0.717) is 5.69 Å². The van der Waals surface area contributed by atoms with E-state index in [0.717, 1.165) is 4.90 Å². The first-order chi connectivity index (χ1) is 8.49. The molecule has 1 aromatic heterocycles. The molecule has 0 atom stereocenters. The zero-order valence-electron chi connectivity index (χ0n) is 9.66. The maximum absolute atomic E-state index is 11.6. The van der Waals surface area contributed by atoms with Gasteiger partial charge in [-0.05, 0) is 12.1 Å². The van der Waals surface area contributed by atoms with E-state index in [1.54, 1.807) is 7.05 Å². The Hall–Kier alpha value is -2.44. The van der Waals surface area contributed by atoms with Gasteiger partial charge in [0, 0.05) is 13.2 Å². The monoisotopic (exact) mass is 249 g/mol. The highest BCUT2D eigenvalue weighted by Gasteiger charge is 2.33. The van der Waals surface area contributed by atoms with E-state index in [2.05, 4.69) is 4.98 Å². The van der Waals surface area contributed by atoms with Gasteiger partial charge in [0.1, 0.15) is 6.54 Å². The van der Waals surface area contributed by atoms with E-state index >= 15 is 0 Å². The molecular weight excluding hydrogens is 238 g/mol. The summed E-state index contributed by atoms with van der Waals surface area (Å²) in [5.74, 6) is -1.35. The van der Waals surface area contributed by atoms with E-state index in [1.807, 2.05) is 0 Å². The fourth-order valence-electron chi connectivity index (χ4n) is 1.63. The third-order valence-electron chi connectivity index (χ3n) is 2.62. The number of hydrogen-bond acceptors (Lipinski definition) is 4. The van der Waals surface area contributed by atoms with Crippen molar-refractivity contribution in [2.45, 2.75) is 6.54 Å². The molecule has 7 heteroatoms. The third-order valence-corrected chi connectivity index (χ3v) is 2.62. The lowest BCUT2D eigenvalue weighted by molar-refractivity contribution is -0.125. The molecule has 18 heavy (non-hydrogen) atoms. The van der Waals surface area contributed by atoms with Crippen LogP contribution in [0.2, 0.25) is 0 Å². The number of carbonyl (C=O) groups excluding carboxylic acids is 2. The number of carbonyl (C=O) groups is 3. The molecule has 0 bridgehead atoms. The van der Waals surface area contributed by atoms with Crippen molar-refractivity contribution in [2.75, 3.05) is 13.6 Å². The van der Waals surface area contributed by atoms with Crippen molar-refractivity contribution in [3.8, 4) is 0 Å². The lowest BCUT2D eigenvalue weighted by atomic mass is 10.2. The molecule has 1 aliphatic rings. The summed E-state index contributed by atoms with van der Waals surface area (Å²) in [6, 6.07) is 2.51. The van der Waals surface area contributed by atoms with Crippen LogP contribution in [0, 0.1) is 0 Å². The highest BCUT2D eigenvalue weighted by molar-refractivity contribution is 6.01. The minimum absolute atomic E-state index is 0.0574. The zero-order valence-corrected chi connectivity index (χ0v) is 9.66. The molecule has 2 rings (SSSR count). The van der Waals surface area contributed by atoms with Gasteiger partial charge in [0.15, 0.2) is 0 Å². The van der Waals surface area contributed by atoms with Crippen molar-refractivity contribution in [1.82, 2.24) is 14.8 Å². The molecule has 1 saturated heterocycles. The van der Waals surface area contributed by atoms with Gasteiger partial charge in [0.2, 0.25) is 0 Å². The number of hydrogen-bond donors (Lipinski definition) is 1. The normalized spacial score (nSPS) is 15.4. The Balaban J connectivity index is 2.12. The lowest BCUT2D eigenvalue weighted by Gasteiger charge is -2.13. The Labute approximate surface area is 103 Å².